The normalized spacial score (nSPS) is 26.3. The molecule has 11 heteroatoms. The van der Waals surface area contributed by atoms with Crippen LogP contribution in [0.25, 0.3) is 0 Å². The van der Waals surface area contributed by atoms with Gasteiger partial charge in [-0.3, -0.25) is 9.59 Å². The first-order chi connectivity index (χ1) is 25.0. The maximum absolute atomic E-state index is 12.9. The zero-order chi connectivity index (χ0) is 40.5. The van der Waals surface area contributed by atoms with Gasteiger partial charge in [-0.25, -0.2) is 9.59 Å². The van der Waals surface area contributed by atoms with E-state index in [-0.39, 0.29) is 24.0 Å². The summed E-state index contributed by atoms with van der Waals surface area (Å²) in [7, 11) is 5.64. The molecule has 11 nitrogen and oxygen atoms in total. The van der Waals surface area contributed by atoms with Gasteiger partial charge in [-0.05, 0) is 44.1 Å². The third kappa shape index (κ3) is 12.2. The van der Waals surface area contributed by atoms with Crippen molar-refractivity contribution in [2.75, 3.05) is 28.4 Å². The van der Waals surface area contributed by atoms with Crippen LogP contribution in [-0.4, -0.2) is 82.0 Å². The number of methoxy groups -OCH3 is 4. The lowest BCUT2D eigenvalue weighted by molar-refractivity contribution is -0.345. The number of carbonyl (C=O) groups excluding carboxylic acids is 4. The smallest absolute Gasteiger partial charge is 0.330 e. The van der Waals surface area contributed by atoms with Gasteiger partial charge in [0, 0.05) is 55.6 Å². The molecular formula is C42H68O11. The molecule has 302 valence electrons. The number of carbonyl (C=O) groups is 4. The van der Waals surface area contributed by atoms with E-state index in [0.717, 1.165) is 32.1 Å². The van der Waals surface area contributed by atoms with Crippen LogP contribution in [0.3, 0.4) is 0 Å². The van der Waals surface area contributed by atoms with Gasteiger partial charge >= 0.3 is 17.9 Å². The third-order valence-electron chi connectivity index (χ3n) is 10.6. The van der Waals surface area contributed by atoms with Crippen LogP contribution in [0, 0.1) is 10.8 Å². The Hall–Kier alpha value is -3.12. The van der Waals surface area contributed by atoms with Gasteiger partial charge < -0.3 is 33.2 Å². The van der Waals surface area contributed by atoms with Gasteiger partial charge in [-0.15, -0.1) is 13.2 Å². The molecule has 2 rings (SSSR count). The first-order valence-corrected chi connectivity index (χ1v) is 19.0. The molecule has 0 radical (unpaired) electrons. The fourth-order valence-corrected chi connectivity index (χ4v) is 6.68. The molecule has 0 unspecified atom stereocenters. The zero-order valence-corrected chi connectivity index (χ0v) is 34.4. The van der Waals surface area contributed by atoms with Gasteiger partial charge in [0.2, 0.25) is 17.4 Å². The Morgan fingerprint density at radius 2 is 1.32 bits per heavy atom. The van der Waals surface area contributed by atoms with Gasteiger partial charge in [0.05, 0.1) is 26.4 Å². The number of unbranched alkanes of at least 4 members (excludes halogenated alkanes) is 4. The molecule has 53 heavy (non-hydrogen) atoms. The van der Waals surface area contributed by atoms with Crippen LogP contribution in [0.1, 0.15) is 126 Å². The Bertz CT molecular complexity index is 1300. The Kier molecular flexibility index (Phi) is 20.2. The second-order valence-corrected chi connectivity index (χ2v) is 14.9. The largest absolute Gasteiger partial charge is 0.466 e. The number of esters is 3. The maximum Gasteiger partial charge on any atom is 0.330 e. The van der Waals surface area contributed by atoms with Crippen molar-refractivity contribution < 1.29 is 52.3 Å². The van der Waals surface area contributed by atoms with E-state index in [1.54, 1.807) is 19.3 Å². The number of Topliss-reactive ketones (excluding diaryl/α,β-unsaturated/α-hetero) is 1. The summed E-state index contributed by atoms with van der Waals surface area (Å²) in [6, 6.07) is 0. The molecule has 0 aromatic carbocycles. The van der Waals surface area contributed by atoms with Crippen molar-refractivity contribution in [2.24, 2.45) is 10.8 Å². The van der Waals surface area contributed by atoms with Crippen LogP contribution in [-0.2, 0) is 52.3 Å². The van der Waals surface area contributed by atoms with Gasteiger partial charge in [0.25, 0.3) is 0 Å². The summed E-state index contributed by atoms with van der Waals surface area (Å²) in [5.74, 6) is -4.31. The minimum atomic E-state index is -1.41. The van der Waals surface area contributed by atoms with E-state index >= 15 is 0 Å². The zero-order valence-electron chi connectivity index (χ0n) is 34.4. The number of hydrogen-bond donors (Lipinski definition) is 0. The highest BCUT2D eigenvalue weighted by molar-refractivity contribution is 6.06. The quantitative estimate of drug-likeness (QED) is 0.0415. The van der Waals surface area contributed by atoms with E-state index in [1.165, 1.54) is 39.9 Å². The minimum Gasteiger partial charge on any atom is -0.466 e. The molecule has 0 bridgehead atoms. The summed E-state index contributed by atoms with van der Waals surface area (Å²) in [5.41, 5.74) is -0.0301. The summed E-state index contributed by atoms with van der Waals surface area (Å²) >= 11 is 0. The molecule has 0 N–H and O–H groups in total. The summed E-state index contributed by atoms with van der Waals surface area (Å²) in [6.07, 6.45) is 13.7. The molecule has 2 aliphatic heterocycles. The molecule has 2 saturated heterocycles. The van der Waals surface area contributed by atoms with Crippen molar-refractivity contribution in [3.8, 4) is 0 Å². The fraction of sp³-hybridized carbons (Fsp3) is 0.714. The van der Waals surface area contributed by atoms with Crippen LogP contribution in [0.15, 0.2) is 48.6 Å². The fourth-order valence-electron chi connectivity index (χ4n) is 6.68. The molecule has 0 aromatic heterocycles. The summed E-state index contributed by atoms with van der Waals surface area (Å²) in [4.78, 5) is 49.4. The second-order valence-electron chi connectivity index (χ2n) is 14.9. The molecule has 2 fully saturated rings. The van der Waals surface area contributed by atoms with Crippen molar-refractivity contribution in [1.29, 1.82) is 0 Å². The molecule has 0 aliphatic carbocycles. The van der Waals surface area contributed by atoms with Crippen LogP contribution in [0.4, 0.5) is 0 Å². The second kappa shape index (κ2) is 22.3. The molecule has 0 amide bonds. The molecule has 0 spiro atoms. The predicted octanol–water partition coefficient (Wildman–Crippen LogP) is 8.30. The highest BCUT2D eigenvalue weighted by Gasteiger charge is 2.59. The molecule has 5 atom stereocenters. The molecule has 0 saturated carbocycles. The molecule has 0 aromatic rings. The van der Waals surface area contributed by atoms with Crippen molar-refractivity contribution in [1.82, 2.24) is 0 Å². The first-order valence-electron chi connectivity index (χ1n) is 19.0. The maximum atomic E-state index is 12.9. The lowest BCUT2D eigenvalue weighted by atomic mass is 9.73. The molecule has 2 heterocycles. The number of ketones is 1. The van der Waals surface area contributed by atoms with E-state index in [9.17, 15) is 19.2 Å². The van der Waals surface area contributed by atoms with Crippen LogP contribution in [0.5, 0.6) is 0 Å². The van der Waals surface area contributed by atoms with Crippen molar-refractivity contribution in [3.63, 3.8) is 0 Å². The van der Waals surface area contributed by atoms with Crippen molar-refractivity contribution in [2.45, 2.75) is 155 Å². The topological polar surface area (TPSA) is 133 Å². The third-order valence-corrected chi connectivity index (χ3v) is 10.6. The van der Waals surface area contributed by atoms with Gasteiger partial charge in [-0.2, -0.15) is 0 Å². The Morgan fingerprint density at radius 3 is 1.81 bits per heavy atom. The highest BCUT2D eigenvalue weighted by atomic mass is 16.7. The van der Waals surface area contributed by atoms with Gasteiger partial charge in [0.15, 0.2) is 6.10 Å². The Labute approximate surface area is 318 Å². The molecular weight excluding hydrogens is 680 g/mol. The Balaban J connectivity index is 0.000000561. The monoisotopic (exact) mass is 748 g/mol. The lowest BCUT2D eigenvalue weighted by Gasteiger charge is -2.53. The SMILES string of the molecule is C=CC[C@@H]1C/C(=C\C(=O)OC)C(=O)[C@](OC)(C(C)(C)CC)O1.C=CC[C@@H]1C/C(=C\C(=O)OC)[C@H](OC(=O)CCCCCCC)[C@](OC)(C(C)(C)CC)O1. The van der Waals surface area contributed by atoms with Crippen molar-refractivity contribution in [3.05, 3.63) is 48.6 Å². The van der Waals surface area contributed by atoms with Gasteiger partial charge in [0.1, 0.15) is 0 Å². The number of rotatable bonds is 19. The average molecular weight is 749 g/mol. The summed E-state index contributed by atoms with van der Waals surface area (Å²) in [5, 5.41) is 0. The molecule has 2 aliphatic rings. The van der Waals surface area contributed by atoms with Crippen LogP contribution < -0.4 is 0 Å². The minimum absolute atomic E-state index is 0.247. The highest BCUT2D eigenvalue weighted by Crippen LogP contribution is 2.49. The van der Waals surface area contributed by atoms with Crippen LogP contribution >= 0.6 is 0 Å². The van der Waals surface area contributed by atoms with E-state index in [1.807, 2.05) is 41.5 Å². The lowest BCUT2D eigenvalue weighted by Crippen LogP contribution is -2.63. The van der Waals surface area contributed by atoms with Crippen molar-refractivity contribution >= 4 is 23.7 Å². The van der Waals surface area contributed by atoms with E-state index in [2.05, 4.69) is 24.8 Å². The number of ether oxygens (including phenoxy) is 7. The van der Waals surface area contributed by atoms with E-state index in [4.69, 9.17) is 28.4 Å². The summed E-state index contributed by atoms with van der Waals surface area (Å²) < 4.78 is 39.6. The van der Waals surface area contributed by atoms with E-state index in [0.29, 0.717) is 49.7 Å². The Morgan fingerprint density at radius 1 is 0.774 bits per heavy atom. The standard InChI is InChI=1S/C25H42O6.C17H26O5/c1-8-11-12-13-14-16-21(26)30-23-19(18-22(27)28-6)17-20(15-9-2)31-25(23,29-7)24(4,5)10-3;1-7-9-13-10-12(11-14(18)20-5)15(19)17(21-6,22-13)16(3,4)8-2/h9,18,20,23H,2,8,10-17H2,1,3-7H3;7,11,13H,1,8-10H2,2-6H3/b19-18+;12-11+/t20-,23+,25-;13-,17-/m11/s1. The van der Waals surface area contributed by atoms with Gasteiger partial charge in [-0.1, -0.05) is 86.3 Å². The number of hydrogen-bond acceptors (Lipinski definition) is 11. The van der Waals surface area contributed by atoms with E-state index < -0.39 is 40.4 Å². The average Bonchev–Trinajstić information content (AvgIpc) is 3.13. The summed E-state index contributed by atoms with van der Waals surface area (Å²) in [6.45, 7) is 21.6. The predicted molar refractivity (Wildman–Crippen MR) is 205 cm³/mol. The van der Waals surface area contributed by atoms with Crippen LogP contribution in [0.2, 0.25) is 0 Å². The first kappa shape index (κ1) is 47.9.